The first-order chi connectivity index (χ1) is 11.1. The fraction of sp³-hybridized carbons (Fsp3) is 0.389. The lowest BCUT2D eigenvalue weighted by Crippen LogP contribution is -2.25. The average Bonchev–Trinajstić information content (AvgIpc) is 3.29. The summed E-state index contributed by atoms with van der Waals surface area (Å²) in [5.74, 6) is 0.170. The Morgan fingerprint density at radius 2 is 1.96 bits per heavy atom. The zero-order chi connectivity index (χ0) is 16.0. The number of nitrogens with zero attached hydrogens (tertiary/aromatic N) is 2. The van der Waals surface area contributed by atoms with Crippen LogP contribution >= 0.6 is 0 Å². The first-order valence-electron chi connectivity index (χ1n) is 8.16. The van der Waals surface area contributed by atoms with Gasteiger partial charge in [0.2, 0.25) is 0 Å². The van der Waals surface area contributed by atoms with E-state index in [1.165, 1.54) is 0 Å². The van der Waals surface area contributed by atoms with Gasteiger partial charge in [-0.2, -0.15) is 5.10 Å². The molecule has 118 valence electrons. The molecule has 2 aliphatic carbocycles. The molecular formula is C18H19N3O2. The molecule has 0 unspecified atom stereocenters. The van der Waals surface area contributed by atoms with Crippen molar-refractivity contribution in [1.29, 1.82) is 0 Å². The van der Waals surface area contributed by atoms with Crippen molar-refractivity contribution in [3.8, 4) is 5.69 Å². The predicted molar refractivity (Wildman–Crippen MR) is 86.1 cm³/mol. The van der Waals surface area contributed by atoms with Crippen LogP contribution in [0.5, 0.6) is 0 Å². The van der Waals surface area contributed by atoms with Crippen molar-refractivity contribution in [2.75, 3.05) is 0 Å². The zero-order valence-corrected chi connectivity index (χ0v) is 13.1. The van der Waals surface area contributed by atoms with Crippen LogP contribution in [-0.2, 0) is 6.42 Å². The van der Waals surface area contributed by atoms with Gasteiger partial charge in [0.05, 0.1) is 22.6 Å². The van der Waals surface area contributed by atoms with Gasteiger partial charge >= 0.3 is 0 Å². The third-order valence-corrected chi connectivity index (χ3v) is 4.54. The Hall–Kier alpha value is -2.43. The Morgan fingerprint density at radius 1 is 1.22 bits per heavy atom. The van der Waals surface area contributed by atoms with E-state index in [2.05, 4.69) is 10.4 Å². The van der Waals surface area contributed by atoms with Gasteiger partial charge in [-0.15, -0.1) is 0 Å². The van der Waals surface area contributed by atoms with E-state index in [1.54, 1.807) is 0 Å². The number of nitrogens with one attached hydrogen (secondary N) is 1. The van der Waals surface area contributed by atoms with E-state index in [0.29, 0.717) is 18.0 Å². The number of amides is 1. The number of hydrogen-bond acceptors (Lipinski definition) is 3. The number of carbonyl (C=O) groups is 2. The molecule has 23 heavy (non-hydrogen) atoms. The number of Topliss-reactive ketones (excluding diaryl/α,β-unsaturated/α-hetero) is 1. The number of benzene rings is 1. The SMILES string of the molecule is Cc1nn(-c2ccc(C(=O)NC3CC3)cc2)c2c1C(=O)CCC2. The third kappa shape index (κ3) is 2.56. The van der Waals surface area contributed by atoms with Crippen LogP contribution in [0.25, 0.3) is 5.69 Å². The molecule has 0 bridgehead atoms. The maximum Gasteiger partial charge on any atom is 0.251 e. The first-order valence-corrected chi connectivity index (χ1v) is 8.16. The molecule has 1 fully saturated rings. The molecule has 5 heteroatoms. The number of carbonyl (C=O) groups excluding carboxylic acids is 2. The number of hydrogen-bond donors (Lipinski definition) is 1. The van der Waals surface area contributed by atoms with E-state index in [1.807, 2.05) is 35.9 Å². The Kier molecular flexibility index (Phi) is 3.29. The van der Waals surface area contributed by atoms with Crippen LogP contribution in [0.3, 0.4) is 0 Å². The van der Waals surface area contributed by atoms with Gasteiger partial charge in [0.25, 0.3) is 5.91 Å². The molecule has 2 aromatic rings. The Bertz CT molecular complexity index is 785. The summed E-state index contributed by atoms with van der Waals surface area (Å²) in [7, 11) is 0. The van der Waals surface area contributed by atoms with Crippen LogP contribution in [-0.4, -0.2) is 27.5 Å². The molecule has 1 aromatic heterocycles. The van der Waals surface area contributed by atoms with Gasteiger partial charge in [0.15, 0.2) is 5.78 Å². The summed E-state index contributed by atoms with van der Waals surface area (Å²) in [5, 5.41) is 7.52. The summed E-state index contributed by atoms with van der Waals surface area (Å²) < 4.78 is 1.85. The minimum atomic E-state index is -0.0205. The fourth-order valence-electron chi connectivity index (χ4n) is 3.17. The highest BCUT2D eigenvalue weighted by atomic mass is 16.1. The molecule has 2 aliphatic rings. The van der Waals surface area contributed by atoms with Crippen LogP contribution < -0.4 is 5.32 Å². The minimum absolute atomic E-state index is 0.0205. The lowest BCUT2D eigenvalue weighted by Gasteiger charge is -2.13. The van der Waals surface area contributed by atoms with Crippen LogP contribution in [0.1, 0.15) is 57.8 Å². The molecule has 1 amide bonds. The van der Waals surface area contributed by atoms with E-state index in [0.717, 1.165) is 48.3 Å². The molecule has 1 heterocycles. The summed E-state index contributed by atoms with van der Waals surface area (Å²) in [5.41, 5.74) is 4.13. The van der Waals surface area contributed by atoms with E-state index in [4.69, 9.17) is 0 Å². The number of fused-ring (bicyclic) bond motifs is 1. The van der Waals surface area contributed by atoms with Crippen molar-refractivity contribution in [2.45, 2.75) is 45.1 Å². The van der Waals surface area contributed by atoms with E-state index >= 15 is 0 Å². The molecular weight excluding hydrogens is 290 g/mol. The quantitative estimate of drug-likeness (QED) is 0.948. The highest BCUT2D eigenvalue weighted by molar-refractivity contribution is 5.99. The van der Waals surface area contributed by atoms with Crippen molar-refractivity contribution in [2.24, 2.45) is 0 Å². The molecule has 1 saturated carbocycles. The van der Waals surface area contributed by atoms with Gasteiger partial charge in [0, 0.05) is 18.0 Å². The highest BCUT2D eigenvalue weighted by Crippen LogP contribution is 2.26. The second-order valence-corrected chi connectivity index (χ2v) is 6.39. The topological polar surface area (TPSA) is 64.0 Å². The van der Waals surface area contributed by atoms with Gasteiger partial charge < -0.3 is 5.32 Å². The largest absolute Gasteiger partial charge is 0.349 e. The predicted octanol–water partition coefficient (Wildman–Crippen LogP) is 2.59. The van der Waals surface area contributed by atoms with Crippen LogP contribution in [0.4, 0.5) is 0 Å². The average molecular weight is 309 g/mol. The summed E-state index contributed by atoms with van der Waals surface area (Å²) in [6.07, 6.45) is 4.51. The molecule has 0 spiro atoms. The highest BCUT2D eigenvalue weighted by Gasteiger charge is 2.26. The summed E-state index contributed by atoms with van der Waals surface area (Å²) >= 11 is 0. The number of rotatable bonds is 3. The van der Waals surface area contributed by atoms with Gasteiger partial charge in [-0.3, -0.25) is 9.59 Å². The van der Waals surface area contributed by atoms with Crippen LogP contribution in [0, 0.1) is 6.92 Å². The second-order valence-electron chi connectivity index (χ2n) is 6.39. The molecule has 1 N–H and O–H groups in total. The monoisotopic (exact) mass is 309 g/mol. The number of aryl methyl sites for hydroxylation is 1. The fourth-order valence-corrected chi connectivity index (χ4v) is 3.17. The van der Waals surface area contributed by atoms with Gasteiger partial charge in [-0.1, -0.05) is 0 Å². The second kappa shape index (κ2) is 5.33. The Morgan fingerprint density at radius 3 is 2.65 bits per heavy atom. The van der Waals surface area contributed by atoms with Crippen molar-refractivity contribution in [1.82, 2.24) is 15.1 Å². The molecule has 0 atom stereocenters. The molecule has 0 aliphatic heterocycles. The lowest BCUT2D eigenvalue weighted by molar-refractivity contribution is 0.0948. The standard InChI is InChI=1S/C18H19N3O2/c1-11-17-15(3-2-4-16(17)22)21(20-11)14-9-5-12(6-10-14)18(23)19-13-7-8-13/h5-6,9-10,13H,2-4,7-8H2,1H3,(H,19,23). The maximum atomic E-state index is 12.1. The first kappa shape index (κ1) is 14.2. The van der Waals surface area contributed by atoms with E-state index in [9.17, 15) is 9.59 Å². The Labute approximate surface area is 134 Å². The Balaban J connectivity index is 1.64. The molecule has 0 saturated heterocycles. The molecule has 1 aromatic carbocycles. The molecule has 5 nitrogen and oxygen atoms in total. The molecule has 0 radical (unpaired) electrons. The van der Waals surface area contributed by atoms with E-state index in [-0.39, 0.29) is 11.7 Å². The number of aromatic nitrogens is 2. The van der Waals surface area contributed by atoms with Crippen molar-refractivity contribution in [3.63, 3.8) is 0 Å². The van der Waals surface area contributed by atoms with Crippen molar-refractivity contribution >= 4 is 11.7 Å². The summed E-state index contributed by atoms with van der Waals surface area (Å²) in [6.45, 7) is 1.88. The van der Waals surface area contributed by atoms with Gasteiger partial charge in [-0.05, 0) is 56.9 Å². The van der Waals surface area contributed by atoms with Crippen LogP contribution in [0.15, 0.2) is 24.3 Å². The van der Waals surface area contributed by atoms with E-state index < -0.39 is 0 Å². The maximum absolute atomic E-state index is 12.1. The van der Waals surface area contributed by atoms with Crippen molar-refractivity contribution < 1.29 is 9.59 Å². The minimum Gasteiger partial charge on any atom is -0.349 e. The normalized spacial score (nSPS) is 17.0. The van der Waals surface area contributed by atoms with Crippen LogP contribution in [0.2, 0.25) is 0 Å². The van der Waals surface area contributed by atoms with Gasteiger partial charge in [0.1, 0.15) is 0 Å². The zero-order valence-electron chi connectivity index (χ0n) is 13.1. The lowest BCUT2D eigenvalue weighted by atomic mass is 9.94. The third-order valence-electron chi connectivity index (χ3n) is 4.54. The van der Waals surface area contributed by atoms with Crippen molar-refractivity contribution in [3.05, 3.63) is 46.8 Å². The smallest absolute Gasteiger partial charge is 0.251 e. The summed E-state index contributed by atoms with van der Waals surface area (Å²) in [6, 6.07) is 7.79. The van der Waals surface area contributed by atoms with Gasteiger partial charge in [-0.25, -0.2) is 4.68 Å². The number of ketones is 1. The molecule has 4 rings (SSSR count). The summed E-state index contributed by atoms with van der Waals surface area (Å²) in [4.78, 5) is 24.1.